The normalized spacial score (nSPS) is 17.9. The monoisotopic (exact) mass is 178 g/mol. The molecule has 0 aromatic rings. The van der Waals surface area contributed by atoms with Crippen molar-refractivity contribution in [3.05, 3.63) is 23.8 Å². The van der Waals surface area contributed by atoms with Crippen LogP contribution >= 0.6 is 0 Å². The van der Waals surface area contributed by atoms with Crippen LogP contribution < -0.4 is 0 Å². The maximum absolute atomic E-state index is 11.2. The van der Waals surface area contributed by atoms with Crippen LogP contribution in [0, 0.1) is 0 Å². The first kappa shape index (κ1) is 10.2. The van der Waals surface area contributed by atoms with Crippen LogP contribution in [0.5, 0.6) is 0 Å². The second kappa shape index (κ2) is 5.00. The zero-order chi connectivity index (χ0) is 9.68. The Balaban J connectivity index is 2.46. The topological polar surface area (TPSA) is 17.1 Å². The van der Waals surface area contributed by atoms with Crippen molar-refractivity contribution in [2.24, 2.45) is 0 Å². The summed E-state index contributed by atoms with van der Waals surface area (Å²) in [7, 11) is 0. The Bertz CT molecular complexity index is 236. The van der Waals surface area contributed by atoms with E-state index in [0.29, 0.717) is 5.78 Å². The minimum Gasteiger partial charge on any atom is -0.295 e. The van der Waals surface area contributed by atoms with Gasteiger partial charge in [-0.15, -0.1) is 6.58 Å². The Morgan fingerprint density at radius 3 is 2.85 bits per heavy atom. The fourth-order valence-corrected chi connectivity index (χ4v) is 1.59. The van der Waals surface area contributed by atoms with Crippen LogP contribution in [0.25, 0.3) is 0 Å². The van der Waals surface area contributed by atoms with Crippen LogP contribution in [0.2, 0.25) is 0 Å². The van der Waals surface area contributed by atoms with E-state index < -0.39 is 0 Å². The molecule has 0 aliphatic heterocycles. The zero-order valence-corrected chi connectivity index (χ0v) is 8.44. The van der Waals surface area contributed by atoms with Gasteiger partial charge < -0.3 is 0 Å². The number of rotatable bonds is 3. The number of ketones is 1. The first-order valence-corrected chi connectivity index (χ1v) is 5.05. The van der Waals surface area contributed by atoms with Crippen LogP contribution in [-0.2, 0) is 4.79 Å². The minimum absolute atomic E-state index is 0.314. The molecule has 0 spiro atoms. The van der Waals surface area contributed by atoms with E-state index >= 15 is 0 Å². The number of carbonyl (C=O) groups is 1. The van der Waals surface area contributed by atoms with Gasteiger partial charge in [-0.05, 0) is 45.1 Å². The fourth-order valence-electron chi connectivity index (χ4n) is 1.59. The first-order chi connectivity index (χ1) is 6.18. The van der Waals surface area contributed by atoms with Gasteiger partial charge in [0.05, 0.1) is 0 Å². The predicted molar refractivity (Wildman–Crippen MR) is 55.6 cm³/mol. The summed E-state index contributed by atoms with van der Waals surface area (Å²) in [6.07, 6.45) is 8.01. The second-order valence-corrected chi connectivity index (χ2v) is 3.93. The molecule has 0 unspecified atom stereocenters. The van der Waals surface area contributed by atoms with E-state index in [2.05, 4.69) is 6.58 Å². The van der Waals surface area contributed by atoms with Gasteiger partial charge in [-0.2, -0.15) is 0 Å². The lowest BCUT2D eigenvalue weighted by Gasteiger charge is -2.03. The summed E-state index contributed by atoms with van der Waals surface area (Å²) >= 11 is 0. The van der Waals surface area contributed by atoms with Crippen molar-refractivity contribution in [2.45, 2.75) is 45.4 Å². The Kier molecular flexibility index (Phi) is 3.94. The molecule has 1 aliphatic rings. The Hall–Kier alpha value is -0.850. The zero-order valence-electron chi connectivity index (χ0n) is 8.44. The van der Waals surface area contributed by atoms with Crippen LogP contribution in [0.15, 0.2) is 23.8 Å². The highest BCUT2D eigenvalue weighted by atomic mass is 16.1. The lowest BCUT2D eigenvalue weighted by atomic mass is 10.0. The highest BCUT2D eigenvalue weighted by Gasteiger charge is 2.07. The van der Waals surface area contributed by atoms with Gasteiger partial charge in [0.2, 0.25) is 0 Å². The molecule has 1 heteroatoms. The molecule has 0 atom stereocenters. The Morgan fingerprint density at radius 1 is 1.46 bits per heavy atom. The molecule has 0 aromatic heterocycles. The standard InChI is InChI=1S/C12H18O/c1-10(2)7-8-11-5-3-4-6-12(13)9-11/h9H,1,3-8H2,2H3. The SMILES string of the molecule is C=C(C)CCC1=CC(=O)CCCC1. The summed E-state index contributed by atoms with van der Waals surface area (Å²) in [5.74, 6) is 0.314. The molecule has 13 heavy (non-hydrogen) atoms. The van der Waals surface area contributed by atoms with Crippen molar-refractivity contribution in [1.82, 2.24) is 0 Å². The number of hydrogen-bond acceptors (Lipinski definition) is 1. The number of hydrogen-bond donors (Lipinski definition) is 0. The molecule has 0 radical (unpaired) electrons. The third kappa shape index (κ3) is 4.07. The number of carbonyl (C=O) groups excluding carboxylic acids is 1. The molecule has 1 aliphatic carbocycles. The molecule has 0 saturated heterocycles. The van der Waals surface area contributed by atoms with E-state index in [9.17, 15) is 4.79 Å². The Morgan fingerprint density at radius 2 is 2.15 bits per heavy atom. The molecule has 1 nitrogen and oxygen atoms in total. The molecule has 0 aromatic carbocycles. The molecular weight excluding hydrogens is 160 g/mol. The van der Waals surface area contributed by atoms with E-state index in [1.807, 2.05) is 13.0 Å². The van der Waals surface area contributed by atoms with Crippen molar-refractivity contribution in [2.75, 3.05) is 0 Å². The molecule has 0 bridgehead atoms. The maximum Gasteiger partial charge on any atom is 0.155 e. The molecule has 0 N–H and O–H groups in total. The van der Waals surface area contributed by atoms with Gasteiger partial charge in [0.25, 0.3) is 0 Å². The first-order valence-electron chi connectivity index (χ1n) is 5.05. The van der Waals surface area contributed by atoms with Gasteiger partial charge in [0.15, 0.2) is 5.78 Å². The average molecular weight is 178 g/mol. The van der Waals surface area contributed by atoms with Gasteiger partial charge in [-0.3, -0.25) is 4.79 Å². The van der Waals surface area contributed by atoms with E-state index in [0.717, 1.165) is 32.1 Å². The second-order valence-electron chi connectivity index (χ2n) is 3.93. The van der Waals surface area contributed by atoms with E-state index in [-0.39, 0.29) is 0 Å². The van der Waals surface area contributed by atoms with Crippen LogP contribution in [0.1, 0.15) is 45.4 Å². The van der Waals surface area contributed by atoms with E-state index in [1.165, 1.54) is 17.6 Å². The lowest BCUT2D eigenvalue weighted by Crippen LogP contribution is -1.90. The molecular formula is C12H18O. The smallest absolute Gasteiger partial charge is 0.155 e. The highest BCUT2D eigenvalue weighted by Crippen LogP contribution is 2.20. The van der Waals surface area contributed by atoms with Crippen molar-refractivity contribution in [3.8, 4) is 0 Å². The van der Waals surface area contributed by atoms with Gasteiger partial charge in [0, 0.05) is 6.42 Å². The minimum atomic E-state index is 0.314. The van der Waals surface area contributed by atoms with Gasteiger partial charge in [-0.25, -0.2) is 0 Å². The van der Waals surface area contributed by atoms with Crippen molar-refractivity contribution < 1.29 is 4.79 Å². The van der Waals surface area contributed by atoms with Gasteiger partial charge in [0.1, 0.15) is 0 Å². The largest absolute Gasteiger partial charge is 0.295 e. The Labute approximate surface area is 80.5 Å². The van der Waals surface area contributed by atoms with Crippen molar-refractivity contribution in [1.29, 1.82) is 0 Å². The van der Waals surface area contributed by atoms with Gasteiger partial charge >= 0.3 is 0 Å². The van der Waals surface area contributed by atoms with Gasteiger partial charge in [-0.1, -0.05) is 11.1 Å². The van der Waals surface area contributed by atoms with Crippen LogP contribution in [-0.4, -0.2) is 5.78 Å². The lowest BCUT2D eigenvalue weighted by molar-refractivity contribution is -0.114. The summed E-state index contributed by atoms with van der Waals surface area (Å²) in [5, 5.41) is 0. The third-order valence-electron chi connectivity index (χ3n) is 2.41. The quantitative estimate of drug-likeness (QED) is 0.605. The van der Waals surface area contributed by atoms with Crippen molar-refractivity contribution >= 4 is 5.78 Å². The maximum atomic E-state index is 11.2. The van der Waals surface area contributed by atoms with E-state index in [1.54, 1.807) is 0 Å². The number of allylic oxidation sites excluding steroid dienone is 3. The molecule has 0 heterocycles. The predicted octanol–water partition coefficient (Wildman–Crippen LogP) is 3.41. The summed E-state index contributed by atoms with van der Waals surface area (Å²) in [6.45, 7) is 5.91. The fraction of sp³-hybridized carbons (Fsp3) is 0.583. The van der Waals surface area contributed by atoms with Crippen molar-refractivity contribution in [3.63, 3.8) is 0 Å². The summed E-state index contributed by atoms with van der Waals surface area (Å²) in [6, 6.07) is 0. The average Bonchev–Trinajstić information content (AvgIpc) is 2.26. The highest BCUT2D eigenvalue weighted by molar-refractivity contribution is 5.90. The third-order valence-corrected chi connectivity index (χ3v) is 2.41. The summed E-state index contributed by atoms with van der Waals surface area (Å²) < 4.78 is 0. The molecule has 0 fully saturated rings. The molecule has 1 rings (SSSR count). The van der Waals surface area contributed by atoms with Crippen LogP contribution in [0.4, 0.5) is 0 Å². The molecule has 0 amide bonds. The van der Waals surface area contributed by atoms with E-state index in [4.69, 9.17) is 0 Å². The summed E-state index contributed by atoms with van der Waals surface area (Å²) in [4.78, 5) is 11.2. The van der Waals surface area contributed by atoms with Crippen LogP contribution in [0.3, 0.4) is 0 Å². The summed E-state index contributed by atoms with van der Waals surface area (Å²) in [5.41, 5.74) is 2.53. The molecule has 72 valence electrons. The molecule has 0 saturated carbocycles.